The van der Waals surface area contributed by atoms with E-state index in [1.165, 1.54) is 10.6 Å². The molecule has 0 saturated carbocycles. The topological polar surface area (TPSA) is 63.5 Å². The number of fused-ring (bicyclic) bond motifs is 1. The highest BCUT2D eigenvalue weighted by Gasteiger charge is 2.09. The fraction of sp³-hybridized carbons (Fsp3) is 0. The molecule has 0 atom stereocenters. The number of carbonyl (C=O) groups excluding carboxylic acids is 1. The molecule has 0 aliphatic carbocycles. The molecule has 0 radical (unpaired) electrons. The molecular formula is C15H11N3O2. The number of rotatable bonds is 2. The monoisotopic (exact) mass is 265 g/mol. The largest absolute Gasteiger partial charge is 0.316 e. The van der Waals surface area contributed by atoms with Gasteiger partial charge in [-0.2, -0.15) is 0 Å². The van der Waals surface area contributed by atoms with Crippen LogP contribution >= 0.6 is 0 Å². The number of anilines is 1. The third-order valence-corrected chi connectivity index (χ3v) is 2.90. The molecule has 5 nitrogen and oxygen atoms in total. The van der Waals surface area contributed by atoms with Gasteiger partial charge in [0.25, 0.3) is 11.5 Å². The van der Waals surface area contributed by atoms with Gasteiger partial charge < -0.3 is 5.32 Å². The summed E-state index contributed by atoms with van der Waals surface area (Å²) < 4.78 is 1.39. The summed E-state index contributed by atoms with van der Waals surface area (Å²) in [5.41, 5.74) is 0.878. The van der Waals surface area contributed by atoms with Gasteiger partial charge in [0, 0.05) is 11.8 Å². The van der Waals surface area contributed by atoms with E-state index in [0.29, 0.717) is 11.2 Å². The summed E-state index contributed by atoms with van der Waals surface area (Å²) in [6.07, 6.45) is 2.99. The molecule has 20 heavy (non-hydrogen) atoms. The molecular weight excluding hydrogens is 254 g/mol. The number of benzene rings is 1. The number of amides is 1. The average molecular weight is 265 g/mol. The zero-order valence-electron chi connectivity index (χ0n) is 10.5. The molecule has 1 N–H and O–H groups in total. The van der Waals surface area contributed by atoms with Gasteiger partial charge in [0.2, 0.25) is 0 Å². The van der Waals surface area contributed by atoms with Gasteiger partial charge in [-0.1, -0.05) is 24.3 Å². The second kappa shape index (κ2) is 4.97. The quantitative estimate of drug-likeness (QED) is 0.770. The van der Waals surface area contributed by atoms with Crippen molar-refractivity contribution in [2.24, 2.45) is 0 Å². The van der Waals surface area contributed by atoms with E-state index in [1.54, 1.807) is 48.7 Å². The summed E-state index contributed by atoms with van der Waals surface area (Å²) in [6.45, 7) is 0. The second-order valence-corrected chi connectivity index (χ2v) is 4.23. The van der Waals surface area contributed by atoms with E-state index in [1.807, 2.05) is 6.07 Å². The first-order valence-corrected chi connectivity index (χ1v) is 6.08. The highest BCUT2D eigenvalue weighted by molar-refractivity contribution is 6.04. The Bertz CT molecular complexity index is 825. The molecule has 2 heterocycles. The van der Waals surface area contributed by atoms with Gasteiger partial charge in [0.05, 0.1) is 6.20 Å². The van der Waals surface area contributed by atoms with E-state index in [0.717, 1.165) is 0 Å². The molecule has 0 unspecified atom stereocenters. The van der Waals surface area contributed by atoms with E-state index < -0.39 is 0 Å². The van der Waals surface area contributed by atoms with Gasteiger partial charge in [-0.3, -0.25) is 14.0 Å². The van der Waals surface area contributed by atoms with Crippen LogP contribution in [0.5, 0.6) is 0 Å². The maximum absolute atomic E-state index is 12.2. The number of pyridine rings is 1. The van der Waals surface area contributed by atoms with Crippen molar-refractivity contribution < 1.29 is 4.79 Å². The van der Waals surface area contributed by atoms with Crippen LogP contribution in [0.3, 0.4) is 0 Å². The van der Waals surface area contributed by atoms with Crippen LogP contribution in [0.25, 0.3) is 5.65 Å². The number of aromatic nitrogens is 2. The van der Waals surface area contributed by atoms with Gasteiger partial charge in [0.1, 0.15) is 11.3 Å². The molecule has 1 aromatic carbocycles. The van der Waals surface area contributed by atoms with Crippen molar-refractivity contribution in [3.63, 3.8) is 0 Å². The first kappa shape index (κ1) is 12.1. The molecule has 5 heteroatoms. The lowest BCUT2D eigenvalue weighted by atomic mass is 10.2. The Labute approximate surface area is 114 Å². The standard InChI is InChI=1S/C15H11N3O2/c19-14(11-6-2-1-3-7-11)17-12-10-16-13-8-4-5-9-18(13)15(12)20/h1-10H,(H,17,19). The summed E-state index contributed by atoms with van der Waals surface area (Å²) in [6, 6.07) is 14.0. The molecule has 0 bridgehead atoms. The maximum atomic E-state index is 12.2. The number of hydrogen-bond acceptors (Lipinski definition) is 3. The Morgan fingerprint density at radius 3 is 2.60 bits per heavy atom. The normalized spacial score (nSPS) is 10.4. The van der Waals surface area contributed by atoms with E-state index in [4.69, 9.17) is 0 Å². The molecule has 0 aliphatic heterocycles. The summed E-state index contributed by atoms with van der Waals surface area (Å²) >= 11 is 0. The third-order valence-electron chi connectivity index (χ3n) is 2.90. The van der Waals surface area contributed by atoms with Crippen LogP contribution in [0.1, 0.15) is 10.4 Å². The minimum absolute atomic E-state index is 0.155. The van der Waals surface area contributed by atoms with Crippen molar-refractivity contribution in [3.05, 3.63) is 76.8 Å². The Kier molecular flexibility index (Phi) is 3.01. The minimum Gasteiger partial charge on any atom is -0.316 e. The summed E-state index contributed by atoms with van der Waals surface area (Å²) in [5.74, 6) is -0.333. The molecule has 1 amide bonds. The molecule has 0 aliphatic rings. The predicted octanol–water partition coefficient (Wildman–Crippen LogP) is 1.95. The van der Waals surface area contributed by atoms with Crippen molar-refractivity contribution in [1.82, 2.24) is 9.38 Å². The maximum Gasteiger partial charge on any atom is 0.281 e. The van der Waals surface area contributed by atoms with E-state index in [2.05, 4.69) is 10.3 Å². The van der Waals surface area contributed by atoms with Crippen LogP contribution in [0.2, 0.25) is 0 Å². The van der Waals surface area contributed by atoms with Crippen molar-refractivity contribution in [2.75, 3.05) is 5.32 Å². The second-order valence-electron chi connectivity index (χ2n) is 4.23. The Morgan fingerprint density at radius 1 is 1.05 bits per heavy atom. The zero-order chi connectivity index (χ0) is 13.9. The lowest BCUT2D eigenvalue weighted by Crippen LogP contribution is -2.23. The fourth-order valence-corrected chi connectivity index (χ4v) is 1.90. The highest BCUT2D eigenvalue weighted by Crippen LogP contribution is 2.05. The van der Waals surface area contributed by atoms with Crippen LogP contribution in [-0.4, -0.2) is 15.3 Å². The van der Waals surface area contributed by atoms with Crippen LogP contribution in [0.4, 0.5) is 5.69 Å². The smallest absolute Gasteiger partial charge is 0.281 e. The van der Waals surface area contributed by atoms with Crippen LogP contribution < -0.4 is 10.9 Å². The predicted molar refractivity (Wildman–Crippen MR) is 75.9 cm³/mol. The van der Waals surface area contributed by atoms with Crippen LogP contribution in [0.15, 0.2) is 65.7 Å². The van der Waals surface area contributed by atoms with Gasteiger partial charge in [-0.25, -0.2) is 4.98 Å². The highest BCUT2D eigenvalue weighted by atomic mass is 16.2. The van der Waals surface area contributed by atoms with Gasteiger partial charge >= 0.3 is 0 Å². The van der Waals surface area contributed by atoms with Crippen LogP contribution in [0, 0.1) is 0 Å². The molecule has 2 aromatic heterocycles. The Hall–Kier alpha value is -2.95. The van der Waals surface area contributed by atoms with Gasteiger partial charge in [0.15, 0.2) is 0 Å². The average Bonchev–Trinajstić information content (AvgIpc) is 2.51. The Morgan fingerprint density at radius 2 is 1.80 bits per heavy atom. The number of nitrogens with one attached hydrogen (secondary N) is 1. The number of hydrogen-bond donors (Lipinski definition) is 1. The first-order valence-electron chi connectivity index (χ1n) is 6.08. The molecule has 0 fully saturated rings. The van der Waals surface area contributed by atoms with Crippen molar-refractivity contribution >= 4 is 17.2 Å². The molecule has 0 saturated heterocycles. The Balaban J connectivity index is 1.98. The fourth-order valence-electron chi connectivity index (χ4n) is 1.90. The molecule has 3 aromatic rings. The molecule has 3 rings (SSSR count). The number of nitrogens with zero attached hydrogens (tertiary/aromatic N) is 2. The summed E-state index contributed by atoms with van der Waals surface area (Å²) in [4.78, 5) is 28.4. The van der Waals surface area contributed by atoms with E-state index in [9.17, 15) is 9.59 Å². The molecule has 0 spiro atoms. The SMILES string of the molecule is O=C(Nc1cnc2ccccn2c1=O)c1ccccc1. The first-order chi connectivity index (χ1) is 9.75. The number of carbonyl (C=O) groups is 1. The van der Waals surface area contributed by atoms with Crippen molar-refractivity contribution in [2.45, 2.75) is 0 Å². The van der Waals surface area contributed by atoms with Gasteiger partial charge in [-0.15, -0.1) is 0 Å². The van der Waals surface area contributed by atoms with Gasteiger partial charge in [-0.05, 0) is 24.3 Å². The lowest BCUT2D eigenvalue weighted by molar-refractivity contribution is 0.102. The molecule has 98 valence electrons. The van der Waals surface area contributed by atoms with E-state index in [-0.39, 0.29) is 17.2 Å². The minimum atomic E-state index is -0.333. The van der Waals surface area contributed by atoms with Crippen molar-refractivity contribution in [1.29, 1.82) is 0 Å². The van der Waals surface area contributed by atoms with E-state index >= 15 is 0 Å². The zero-order valence-corrected chi connectivity index (χ0v) is 10.5. The van der Waals surface area contributed by atoms with Crippen LogP contribution in [-0.2, 0) is 0 Å². The third kappa shape index (κ3) is 2.16. The van der Waals surface area contributed by atoms with Crippen molar-refractivity contribution in [3.8, 4) is 0 Å². The summed E-state index contributed by atoms with van der Waals surface area (Å²) in [7, 11) is 0. The summed E-state index contributed by atoms with van der Waals surface area (Å²) in [5, 5.41) is 2.58. The lowest BCUT2D eigenvalue weighted by Gasteiger charge is -2.06.